The molecule has 1 aliphatic rings. The number of fused-ring (bicyclic) bond motifs is 1. The minimum absolute atomic E-state index is 0.933. The van der Waals surface area contributed by atoms with Crippen molar-refractivity contribution in [2.75, 3.05) is 26.2 Å². The predicted octanol–water partition coefficient (Wildman–Crippen LogP) is 2.05. The Morgan fingerprint density at radius 1 is 0.913 bits per heavy atom. The van der Waals surface area contributed by atoms with E-state index in [1.807, 2.05) is 30.6 Å². The number of imidazole rings is 1. The molecule has 0 N–H and O–H groups in total. The van der Waals surface area contributed by atoms with Gasteiger partial charge in [0.25, 0.3) is 0 Å². The molecule has 4 heterocycles. The van der Waals surface area contributed by atoms with Gasteiger partial charge in [0.2, 0.25) is 0 Å². The molecule has 3 aromatic rings. The number of aromatic nitrogens is 3. The van der Waals surface area contributed by atoms with Crippen LogP contribution in [0.2, 0.25) is 0 Å². The summed E-state index contributed by atoms with van der Waals surface area (Å²) in [5, 5.41) is 0. The van der Waals surface area contributed by atoms with Crippen molar-refractivity contribution in [1.29, 1.82) is 0 Å². The first kappa shape index (κ1) is 14.4. The van der Waals surface area contributed by atoms with Gasteiger partial charge in [0, 0.05) is 64.1 Å². The summed E-state index contributed by atoms with van der Waals surface area (Å²) in [5.74, 6) is 0. The lowest BCUT2D eigenvalue weighted by atomic mass is 10.2. The van der Waals surface area contributed by atoms with Crippen LogP contribution in [-0.2, 0) is 13.1 Å². The Labute approximate surface area is 136 Å². The number of hydrogen-bond donors (Lipinski definition) is 0. The van der Waals surface area contributed by atoms with E-state index in [4.69, 9.17) is 4.98 Å². The van der Waals surface area contributed by atoms with E-state index in [0.29, 0.717) is 0 Å². The Morgan fingerprint density at radius 3 is 2.48 bits per heavy atom. The third-order valence-corrected chi connectivity index (χ3v) is 4.39. The lowest BCUT2D eigenvalue weighted by Crippen LogP contribution is -2.45. The molecule has 0 aromatic carbocycles. The standard InChI is InChI=1S/C18H21N5/c1-2-7-23-15-17(20-18(23)5-1)14-22-10-8-21(9-11-22)13-16-4-3-6-19-12-16/h1-7,12,15H,8-11,13-14H2. The van der Waals surface area contributed by atoms with Crippen LogP contribution in [0.15, 0.2) is 55.1 Å². The summed E-state index contributed by atoms with van der Waals surface area (Å²) in [6.07, 6.45) is 7.98. The molecule has 0 unspecified atom stereocenters. The van der Waals surface area contributed by atoms with Gasteiger partial charge in [-0.1, -0.05) is 12.1 Å². The molecule has 0 aliphatic carbocycles. The van der Waals surface area contributed by atoms with E-state index < -0.39 is 0 Å². The van der Waals surface area contributed by atoms with E-state index in [9.17, 15) is 0 Å². The molecule has 5 heteroatoms. The summed E-state index contributed by atoms with van der Waals surface area (Å²) in [5.41, 5.74) is 3.47. The smallest absolute Gasteiger partial charge is 0.137 e. The Hall–Kier alpha value is -2.24. The van der Waals surface area contributed by atoms with Crippen molar-refractivity contribution < 1.29 is 0 Å². The summed E-state index contributed by atoms with van der Waals surface area (Å²) in [6.45, 7) is 6.31. The summed E-state index contributed by atoms with van der Waals surface area (Å²) >= 11 is 0. The van der Waals surface area contributed by atoms with Crippen molar-refractivity contribution >= 4 is 5.65 Å². The van der Waals surface area contributed by atoms with Gasteiger partial charge in [-0.05, 0) is 23.8 Å². The summed E-state index contributed by atoms with van der Waals surface area (Å²) in [7, 11) is 0. The fourth-order valence-corrected chi connectivity index (χ4v) is 3.15. The fraction of sp³-hybridized carbons (Fsp3) is 0.333. The molecular formula is C18H21N5. The van der Waals surface area contributed by atoms with Crippen LogP contribution < -0.4 is 0 Å². The third kappa shape index (κ3) is 3.41. The quantitative estimate of drug-likeness (QED) is 0.739. The number of piperazine rings is 1. The van der Waals surface area contributed by atoms with Crippen LogP contribution in [0.3, 0.4) is 0 Å². The van der Waals surface area contributed by atoms with Crippen molar-refractivity contribution in [2.45, 2.75) is 13.1 Å². The molecule has 0 radical (unpaired) electrons. The van der Waals surface area contributed by atoms with Crippen molar-refractivity contribution in [1.82, 2.24) is 24.2 Å². The van der Waals surface area contributed by atoms with E-state index in [1.54, 1.807) is 0 Å². The summed E-state index contributed by atoms with van der Waals surface area (Å²) in [4.78, 5) is 13.9. The lowest BCUT2D eigenvalue weighted by molar-refractivity contribution is 0.121. The van der Waals surface area contributed by atoms with Crippen LogP contribution >= 0.6 is 0 Å². The van der Waals surface area contributed by atoms with Crippen LogP contribution in [0.4, 0.5) is 0 Å². The molecule has 1 fully saturated rings. The number of nitrogens with zero attached hydrogens (tertiary/aromatic N) is 5. The largest absolute Gasteiger partial charge is 0.307 e. The van der Waals surface area contributed by atoms with Gasteiger partial charge in [0.15, 0.2) is 0 Å². The van der Waals surface area contributed by atoms with Gasteiger partial charge in [-0.3, -0.25) is 14.8 Å². The Balaban J connectivity index is 1.32. The number of rotatable bonds is 4. The van der Waals surface area contributed by atoms with E-state index in [2.05, 4.69) is 43.7 Å². The summed E-state index contributed by atoms with van der Waals surface area (Å²) < 4.78 is 2.09. The highest BCUT2D eigenvalue weighted by atomic mass is 15.3. The second-order valence-electron chi connectivity index (χ2n) is 6.11. The van der Waals surface area contributed by atoms with Gasteiger partial charge >= 0.3 is 0 Å². The zero-order chi connectivity index (χ0) is 15.5. The average Bonchev–Trinajstić information content (AvgIpc) is 3.00. The van der Waals surface area contributed by atoms with Gasteiger partial charge in [-0.25, -0.2) is 4.98 Å². The lowest BCUT2D eigenvalue weighted by Gasteiger charge is -2.34. The maximum absolute atomic E-state index is 4.69. The van der Waals surface area contributed by atoms with E-state index in [-0.39, 0.29) is 0 Å². The van der Waals surface area contributed by atoms with Crippen molar-refractivity contribution in [2.24, 2.45) is 0 Å². The summed E-state index contributed by atoms with van der Waals surface area (Å²) in [6, 6.07) is 10.3. The maximum Gasteiger partial charge on any atom is 0.137 e. The molecule has 4 rings (SSSR count). The third-order valence-electron chi connectivity index (χ3n) is 4.39. The van der Waals surface area contributed by atoms with Crippen LogP contribution in [0.25, 0.3) is 5.65 Å². The molecule has 0 spiro atoms. The minimum Gasteiger partial charge on any atom is -0.307 e. The van der Waals surface area contributed by atoms with E-state index in [1.165, 1.54) is 5.56 Å². The first-order valence-electron chi connectivity index (χ1n) is 8.13. The first-order valence-corrected chi connectivity index (χ1v) is 8.13. The highest BCUT2D eigenvalue weighted by molar-refractivity contribution is 5.39. The first-order chi connectivity index (χ1) is 11.4. The van der Waals surface area contributed by atoms with Crippen LogP contribution in [0, 0.1) is 0 Å². The zero-order valence-electron chi connectivity index (χ0n) is 13.2. The Kier molecular flexibility index (Phi) is 4.05. The van der Waals surface area contributed by atoms with Gasteiger partial charge in [-0.2, -0.15) is 0 Å². The second kappa shape index (κ2) is 6.48. The molecule has 118 valence electrons. The molecule has 3 aromatic heterocycles. The van der Waals surface area contributed by atoms with Gasteiger partial charge in [0.05, 0.1) is 5.69 Å². The SMILES string of the molecule is c1cncc(CN2CCN(Cc3cn4ccccc4n3)CC2)c1. The highest BCUT2D eigenvalue weighted by Gasteiger charge is 2.18. The van der Waals surface area contributed by atoms with Gasteiger partial charge < -0.3 is 4.40 Å². The number of pyridine rings is 2. The normalized spacial score (nSPS) is 16.9. The van der Waals surface area contributed by atoms with E-state index >= 15 is 0 Å². The van der Waals surface area contributed by atoms with Crippen LogP contribution in [0.5, 0.6) is 0 Å². The molecule has 0 bridgehead atoms. The Morgan fingerprint density at radius 2 is 1.74 bits per heavy atom. The Bertz CT molecular complexity index is 726. The fourth-order valence-electron chi connectivity index (χ4n) is 3.15. The van der Waals surface area contributed by atoms with Crippen molar-refractivity contribution in [3.63, 3.8) is 0 Å². The predicted molar refractivity (Wildman–Crippen MR) is 90.0 cm³/mol. The molecule has 0 amide bonds. The van der Waals surface area contributed by atoms with Crippen molar-refractivity contribution in [3.05, 3.63) is 66.4 Å². The van der Waals surface area contributed by atoms with Gasteiger partial charge in [0.1, 0.15) is 5.65 Å². The number of hydrogen-bond acceptors (Lipinski definition) is 4. The molecule has 1 aliphatic heterocycles. The maximum atomic E-state index is 4.69. The molecule has 23 heavy (non-hydrogen) atoms. The second-order valence-corrected chi connectivity index (χ2v) is 6.11. The molecule has 0 saturated carbocycles. The monoisotopic (exact) mass is 307 g/mol. The topological polar surface area (TPSA) is 36.7 Å². The van der Waals surface area contributed by atoms with Crippen LogP contribution in [-0.4, -0.2) is 50.3 Å². The zero-order valence-corrected chi connectivity index (χ0v) is 13.2. The molecule has 5 nitrogen and oxygen atoms in total. The minimum atomic E-state index is 0.933. The molecule has 0 atom stereocenters. The van der Waals surface area contributed by atoms with Gasteiger partial charge in [-0.15, -0.1) is 0 Å². The van der Waals surface area contributed by atoms with E-state index in [0.717, 1.165) is 50.6 Å². The van der Waals surface area contributed by atoms with Crippen molar-refractivity contribution in [3.8, 4) is 0 Å². The van der Waals surface area contributed by atoms with Crippen LogP contribution in [0.1, 0.15) is 11.3 Å². The molecule has 1 saturated heterocycles. The highest BCUT2D eigenvalue weighted by Crippen LogP contribution is 2.11. The average molecular weight is 307 g/mol. The molecular weight excluding hydrogens is 286 g/mol.